The Morgan fingerprint density at radius 1 is 1.48 bits per heavy atom. The number of hydrazone groups is 1. The number of allylic oxidation sites excluding steroid dienone is 1. The summed E-state index contributed by atoms with van der Waals surface area (Å²) in [6.45, 7) is 15.9. The Hall–Kier alpha value is -1.61. The lowest BCUT2D eigenvalue weighted by Crippen LogP contribution is -2.35. The molecule has 1 aromatic carbocycles. The second kappa shape index (κ2) is 8.88. The van der Waals surface area contributed by atoms with Crippen LogP contribution in [-0.2, 0) is 0 Å². The van der Waals surface area contributed by atoms with E-state index in [2.05, 4.69) is 41.2 Å². The highest BCUT2D eigenvalue weighted by Crippen LogP contribution is 2.37. The fourth-order valence-corrected chi connectivity index (χ4v) is 2.43. The Morgan fingerprint density at radius 2 is 2.09 bits per heavy atom. The van der Waals surface area contributed by atoms with Crippen molar-refractivity contribution in [1.29, 1.82) is 0 Å². The van der Waals surface area contributed by atoms with Gasteiger partial charge in [0.2, 0.25) is 0 Å². The van der Waals surface area contributed by atoms with E-state index >= 15 is 0 Å². The monoisotopic (exact) mass is 333 g/mol. The van der Waals surface area contributed by atoms with Gasteiger partial charge in [0.25, 0.3) is 0 Å². The molecule has 1 unspecified atom stereocenters. The van der Waals surface area contributed by atoms with Crippen LogP contribution in [0.25, 0.3) is 0 Å². The zero-order valence-electron chi connectivity index (χ0n) is 15.1. The van der Waals surface area contributed by atoms with E-state index in [0.29, 0.717) is 5.92 Å². The SMILES string of the molecule is C=CC.CC/C(C)=N/N1C(C(C)C)=Nc2ccc(Cl)cc2C1C. The van der Waals surface area contributed by atoms with Crippen molar-refractivity contribution in [3.8, 4) is 0 Å². The Morgan fingerprint density at radius 3 is 2.61 bits per heavy atom. The van der Waals surface area contributed by atoms with Crippen LogP contribution in [0.1, 0.15) is 59.6 Å². The molecule has 1 aromatic rings. The minimum Gasteiger partial charge on any atom is -0.244 e. The number of fused-ring (bicyclic) bond motifs is 1. The maximum absolute atomic E-state index is 6.12. The summed E-state index contributed by atoms with van der Waals surface area (Å²) in [5.41, 5.74) is 3.25. The lowest BCUT2D eigenvalue weighted by Gasteiger charge is -2.34. The average Bonchev–Trinajstić information content (AvgIpc) is 2.50. The molecule has 0 amide bonds. The molecule has 0 N–H and O–H groups in total. The van der Waals surface area contributed by atoms with Gasteiger partial charge in [0.15, 0.2) is 0 Å². The molecule has 1 atom stereocenters. The van der Waals surface area contributed by atoms with Crippen LogP contribution in [0.15, 0.2) is 40.9 Å². The number of amidine groups is 1. The van der Waals surface area contributed by atoms with Gasteiger partial charge in [-0.3, -0.25) is 0 Å². The highest BCUT2D eigenvalue weighted by Gasteiger charge is 2.28. The molecular formula is C19H28ClN3. The minimum absolute atomic E-state index is 0.153. The fourth-order valence-electron chi connectivity index (χ4n) is 2.25. The van der Waals surface area contributed by atoms with Crippen LogP contribution >= 0.6 is 11.6 Å². The molecule has 126 valence electrons. The first-order chi connectivity index (χ1) is 10.8. The predicted molar refractivity (Wildman–Crippen MR) is 103 cm³/mol. The van der Waals surface area contributed by atoms with Gasteiger partial charge < -0.3 is 0 Å². The fraction of sp³-hybridized carbons (Fsp3) is 0.474. The summed E-state index contributed by atoms with van der Waals surface area (Å²) in [5, 5.41) is 7.53. The zero-order valence-corrected chi connectivity index (χ0v) is 15.9. The molecule has 1 aliphatic rings. The number of nitrogens with zero attached hydrogens (tertiary/aromatic N) is 3. The Bertz CT molecular complexity index is 603. The second-order valence-electron chi connectivity index (χ2n) is 5.95. The molecule has 4 heteroatoms. The topological polar surface area (TPSA) is 28.0 Å². The molecule has 2 rings (SSSR count). The van der Waals surface area contributed by atoms with E-state index in [-0.39, 0.29) is 6.04 Å². The van der Waals surface area contributed by atoms with Crippen LogP contribution in [-0.4, -0.2) is 16.6 Å². The van der Waals surface area contributed by atoms with Gasteiger partial charge in [0, 0.05) is 22.2 Å². The average molecular weight is 334 g/mol. The van der Waals surface area contributed by atoms with E-state index in [4.69, 9.17) is 21.7 Å². The molecule has 0 aromatic heterocycles. The van der Waals surface area contributed by atoms with Crippen molar-refractivity contribution in [3.05, 3.63) is 41.4 Å². The second-order valence-corrected chi connectivity index (χ2v) is 6.38. The number of hydrogen-bond donors (Lipinski definition) is 0. The van der Waals surface area contributed by atoms with Gasteiger partial charge in [-0.1, -0.05) is 38.4 Å². The predicted octanol–water partition coefficient (Wildman–Crippen LogP) is 6.38. The summed E-state index contributed by atoms with van der Waals surface area (Å²) in [4.78, 5) is 4.78. The summed E-state index contributed by atoms with van der Waals surface area (Å²) in [6, 6.07) is 6.03. The summed E-state index contributed by atoms with van der Waals surface area (Å²) >= 11 is 6.12. The number of benzene rings is 1. The van der Waals surface area contributed by atoms with Crippen LogP contribution in [0.2, 0.25) is 5.02 Å². The number of aliphatic imine (C=N–C) groups is 1. The number of hydrogen-bond acceptors (Lipinski definition) is 3. The van der Waals surface area contributed by atoms with Crippen molar-refractivity contribution < 1.29 is 0 Å². The van der Waals surface area contributed by atoms with Gasteiger partial charge in [-0.2, -0.15) is 5.10 Å². The highest BCUT2D eigenvalue weighted by atomic mass is 35.5. The first-order valence-corrected chi connectivity index (χ1v) is 8.51. The van der Waals surface area contributed by atoms with Crippen molar-refractivity contribution in [3.63, 3.8) is 0 Å². The van der Waals surface area contributed by atoms with Crippen LogP contribution < -0.4 is 0 Å². The molecule has 3 nitrogen and oxygen atoms in total. The zero-order chi connectivity index (χ0) is 17.6. The molecule has 0 fully saturated rings. The van der Waals surface area contributed by atoms with Crippen LogP contribution in [0.4, 0.5) is 5.69 Å². The van der Waals surface area contributed by atoms with Gasteiger partial charge in [-0.25, -0.2) is 10.0 Å². The van der Waals surface area contributed by atoms with Gasteiger partial charge in [0.1, 0.15) is 5.84 Å². The summed E-state index contributed by atoms with van der Waals surface area (Å²) in [5.74, 6) is 1.34. The van der Waals surface area contributed by atoms with Crippen molar-refractivity contribution in [2.24, 2.45) is 16.0 Å². The van der Waals surface area contributed by atoms with Gasteiger partial charge in [-0.05, 0) is 45.4 Å². The maximum atomic E-state index is 6.12. The van der Waals surface area contributed by atoms with E-state index in [1.165, 1.54) is 0 Å². The van der Waals surface area contributed by atoms with Gasteiger partial charge in [0.05, 0.1) is 11.7 Å². The van der Waals surface area contributed by atoms with Crippen molar-refractivity contribution in [2.45, 2.75) is 54.0 Å². The third-order valence-corrected chi connectivity index (χ3v) is 3.82. The third kappa shape index (κ3) is 4.93. The Labute approximate surface area is 145 Å². The Kier molecular flexibility index (Phi) is 7.50. The molecule has 0 saturated heterocycles. The van der Waals surface area contributed by atoms with Crippen molar-refractivity contribution in [2.75, 3.05) is 0 Å². The van der Waals surface area contributed by atoms with Crippen LogP contribution in [0, 0.1) is 5.92 Å². The van der Waals surface area contributed by atoms with Crippen molar-refractivity contribution >= 4 is 28.8 Å². The maximum Gasteiger partial charge on any atom is 0.128 e. The van der Waals surface area contributed by atoms with E-state index in [9.17, 15) is 0 Å². The normalized spacial score (nSPS) is 17.2. The summed E-state index contributed by atoms with van der Waals surface area (Å²) in [6.07, 6.45) is 2.69. The molecule has 0 bridgehead atoms. The standard InChI is InChI=1S/C16H22ClN3.C3H6/c1-6-11(4)19-20-12(5)14-9-13(17)7-8-15(14)18-16(20)10(2)3;1-3-2/h7-10,12H,6H2,1-5H3;3H,1H2,2H3/b19-11+;. The smallest absolute Gasteiger partial charge is 0.128 e. The number of halogens is 1. The number of rotatable bonds is 3. The van der Waals surface area contributed by atoms with Crippen molar-refractivity contribution in [1.82, 2.24) is 5.01 Å². The molecular weight excluding hydrogens is 306 g/mol. The van der Waals surface area contributed by atoms with E-state index in [1.54, 1.807) is 6.08 Å². The van der Waals surface area contributed by atoms with Crippen LogP contribution in [0.3, 0.4) is 0 Å². The highest BCUT2D eigenvalue weighted by molar-refractivity contribution is 6.30. The van der Waals surface area contributed by atoms with Crippen LogP contribution in [0.5, 0.6) is 0 Å². The molecule has 23 heavy (non-hydrogen) atoms. The molecule has 0 radical (unpaired) electrons. The third-order valence-electron chi connectivity index (χ3n) is 3.58. The lowest BCUT2D eigenvalue weighted by molar-refractivity contribution is 0.332. The molecule has 0 saturated carbocycles. The summed E-state index contributed by atoms with van der Waals surface area (Å²) in [7, 11) is 0. The minimum atomic E-state index is 0.153. The van der Waals surface area contributed by atoms with Gasteiger partial charge >= 0.3 is 0 Å². The first-order valence-electron chi connectivity index (χ1n) is 8.14. The van der Waals surface area contributed by atoms with E-state index < -0.39 is 0 Å². The quantitative estimate of drug-likeness (QED) is 0.465. The molecule has 0 spiro atoms. The van der Waals surface area contributed by atoms with Gasteiger partial charge in [-0.15, -0.1) is 6.58 Å². The van der Waals surface area contributed by atoms with E-state index in [1.807, 2.05) is 30.1 Å². The molecule has 0 aliphatic carbocycles. The molecule has 1 aliphatic heterocycles. The van der Waals surface area contributed by atoms with E-state index in [0.717, 1.165) is 34.2 Å². The largest absolute Gasteiger partial charge is 0.244 e. The lowest BCUT2D eigenvalue weighted by atomic mass is 10.0. The first kappa shape index (κ1) is 19.4. The Balaban J connectivity index is 0.000000816. The summed E-state index contributed by atoms with van der Waals surface area (Å²) < 4.78 is 0. The molecule has 1 heterocycles.